The molecule has 2 aromatic rings. The van der Waals surface area contributed by atoms with Crippen LogP contribution in [0.25, 0.3) is 0 Å². The third kappa shape index (κ3) is 2.91. The van der Waals surface area contributed by atoms with E-state index in [0.29, 0.717) is 22.3 Å². The second kappa shape index (κ2) is 6.64. The molecule has 0 spiro atoms. The molecule has 1 heterocycles. The van der Waals surface area contributed by atoms with Crippen molar-refractivity contribution in [2.24, 2.45) is 0 Å². The second-order valence-electron chi connectivity index (χ2n) is 5.14. The molecule has 0 saturated heterocycles. The van der Waals surface area contributed by atoms with E-state index in [2.05, 4.69) is 0 Å². The molecule has 0 atom stereocenters. The Labute approximate surface area is 138 Å². The number of hydroxylamine groups is 2. The summed E-state index contributed by atoms with van der Waals surface area (Å²) in [5.74, 6) is -1.41. The molecular weight excluding hydrogens is 310 g/mol. The first-order valence-corrected chi connectivity index (χ1v) is 7.48. The first-order chi connectivity index (χ1) is 11.6. The summed E-state index contributed by atoms with van der Waals surface area (Å²) in [6.45, 7) is 2.00. The Morgan fingerprint density at radius 3 is 2.29 bits per heavy atom. The standard InChI is InChI=1S/C18H15NO5/c1-2-23-18(22)13-7-5-6-12(10-13)11-24-19-16(20)14-8-3-4-9-15(14)17(19)21/h3-10H,2,11H2,1H3. The maximum absolute atomic E-state index is 12.2. The van der Waals surface area contributed by atoms with E-state index in [0.717, 1.165) is 5.06 Å². The second-order valence-corrected chi connectivity index (χ2v) is 5.14. The molecule has 0 aliphatic carbocycles. The van der Waals surface area contributed by atoms with Crippen LogP contribution in [0.2, 0.25) is 0 Å². The lowest BCUT2D eigenvalue weighted by Crippen LogP contribution is -2.29. The quantitative estimate of drug-likeness (QED) is 0.624. The van der Waals surface area contributed by atoms with Gasteiger partial charge in [-0.2, -0.15) is 0 Å². The Morgan fingerprint density at radius 1 is 1.00 bits per heavy atom. The molecule has 3 rings (SSSR count). The molecule has 0 unspecified atom stereocenters. The number of imide groups is 1. The number of nitrogens with zero attached hydrogens (tertiary/aromatic N) is 1. The number of hydrogen-bond donors (Lipinski definition) is 0. The lowest BCUT2D eigenvalue weighted by atomic mass is 10.1. The van der Waals surface area contributed by atoms with Crippen molar-refractivity contribution in [3.05, 3.63) is 70.8 Å². The molecule has 0 fully saturated rings. The van der Waals surface area contributed by atoms with Crippen molar-refractivity contribution in [2.45, 2.75) is 13.5 Å². The third-order valence-corrected chi connectivity index (χ3v) is 3.56. The fourth-order valence-electron chi connectivity index (χ4n) is 2.43. The fraction of sp³-hybridized carbons (Fsp3) is 0.167. The van der Waals surface area contributed by atoms with Crippen LogP contribution < -0.4 is 0 Å². The molecule has 6 nitrogen and oxygen atoms in total. The number of ether oxygens (including phenoxy) is 1. The highest BCUT2D eigenvalue weighted by atomic mass is 16.7. The Kier molecular flexibility index (Phi) is 4.39. The lowest BCUT2D eigenvalue weighted by Gasteiger charge is -2.13. The molecule has 2 amide bonds. The van der Waals surface area contributed by atoms with Gasteiger partial charge in [-0.15, -0.1) is 5.06 Å². The van der Waals surface area contributed by atoms with E-state index in [-0.39, 0.29) is 13.2 Å². The zero-order valence-electron chi connectivity index (χ0n) is 13.0. The summed E-state index contributed by atoms with van der Waals surface area (Å²) >= 11 is 0. The molecule has 0 saturated carbocycles. The average molecular weight is 325 g/mol. The van der Waals surface area contributed by atoms with Gasteiger partial charge >= 0.3 is 5.97 Å². The molecule has 0 bridgehead atoms. The number of rotatable bonds is 5. The molecule has 122 valence electrons. The van der Waals surface area contributed by atoms with Crippen LogP contribution in [0.5, 0.6) is 0 Å². The number of esters is 1. The molecule has 0 aromatic heterocycles. The van der Waals surface area contributed by atoms with Crippen LogP contribution in [0.15, 0.2) is 48.5 Å². The van der Waals surface area contributed by atoms with Crippen LogP contribution in [0, 0.1) is 0 Å². The monoisotopic (exact) mass is 325 g/mol. The smallest absolute Gasteiger partial charge is 0.338 e. The summed E-state index contributed by atoms with van der Waals surface area (Å²) in [5.41, 5.74) is 1.68. The third-order valence-electron chi connectivity index (χ3n) is 3.56. The van der Waals surface area contributed by atoms with Crippen molar-refractivity contribution in [3.63, 3.8) is 0 Å². The molecule has 6 heteroatoms. The topological polar surface area (TPSA) is 72.9 Å². The van der Waals surface area contributed by atoms with Crippen molar-refractivity contribution >= 4 is 17.8 Å². The summed E-state index contributed by atoms with van der Waals surface area (Å²) in [5, 5.41) is 0.752. The average Bonchev–Trinajstić information content (AvgIpc) is 2.85. The van der Waals surface area contributed by atoms with Crippen molar-refractivity contribution in [1.82, 2.24) is 5.06 Å². The zero-order valence-corrected chi connectivity index (χ0v) is 13.0. The van der Waals surface area contributed by atoms with Gasteiger partial charge in [0.15, 0.2) is 0 Å². The molecule has 0 radical (unpaired) electrons. The molecule has 24 heavy (non-hydrogen) atoms. The van der Waals surface area contributed by atoms with Gasteiger partial charge in [-0.05, 0) is 36.8 Å². The van der Waals surface area contributed by atoms with E-state index in [1.807, 2.05) is 0 Å². The van der Waals surface area contributed by atoms with Crippen LogP contribution >= 0.6 is 0 Å². The van der Waals surface area contributed by atoms with E-state index in [1.54, 1.807) is 55.5 Å². The SMILES string of the molecule is CCOC(=O)c1cccc(CON2C(=O)c3ccccc3C2=O)c1. The van der Waals surface area contributed by atoms with Crippen molar-refractivity contribution in [1.29, 1.82) is 0 Å². The largest absolute Gasteiger partial charge is 0.462 e. The highest BCUT2D eigenvalue weighted by Crippen LogP contribution is 2.23. The van der Waals surface area contributed by atoms with Gasteiger partial charge in [0.25, 0.3) is 11.8 Å². The van der Waals surface area contributed by atoms with Crippen molar-refractivity contribution in [2.75, 3.05) is 6.61 Å². The minimum atomic E-state index is -0.489. The Bertz CT molecular complexity index is 780. The van der Waals surface area contributed by atoms with Crippen molar-refractivity contribution in [3.8, 4) is 0 Å². The number of amides is 2. The Morgan fingerprint density at radius 2 is 1.67 bits per heavy atom. The Balaban J connectivity index is 1.71. The summed E-state index contributed by atoms with van der Waals surface area (Å²) in [6, 6.07) is 13.2. The van der Waals surface area contributed by atoms with Crippen LogP contribution in [-0.2, 0) is 16.2 Å². The van der Waals surface area contributed by atoms with Gasteiger partial charge in [-0.1, -0.05) is 24.3 Å². The van der Waals surface area contributed by atoms with Gasteiger partial charge in [-0.25, -0.2) is 4.79 Å². The molecule has 2 aromatic carbocycles. The highest BCUT2D eigenvalue weighted by Gasteiger charge is 2.36. The minimum absolute atomic E-state index is 0.0152. The first-order valence-electron chi connectivity index (χ1n) is 7.48. The fourth-order valence-corrected chi connectivity index (χ4v) is 2.43. The maximum Gasteiger partial charge on any atom is 0.338 e. The van der Waals surface area contributed by atoms with Gasteiger partial charge in [0.1, 0.15) is 6.61 Å². The predicted molar refractivity (Wildman–Crippen MR) is 84.1 cm³/mol. The van der Waals surface area contributed by atoms with E-state index >= 15 is 0 Å². The van der Waals surface area contributed by atoms with Crippen LogP contribution in [-0.4, -0.2) is 29.5 Å². The zero-order chi connectivity index (χ0) is 17.1. The predicted octanol–water partition coefficient (Wildman–Crippen LogP) is 2.59. The molecule has 1 aliphatic rings. The van der Waals surface area contributed by atoms with Gasteiger partial charge in [0, 0.05) is 0 Å². The van der Waals surface area contributed by atoms with Gasteiger partial charge in [-0.3, -0.25) is 14.4 Å². The van der Waals surface area contributed by atoms with E-state index in [1.165, 1.54) is 0 Å². The van der Waals surface area contributed by atoms with Gasteiger partial charge in [0.05, 0.1) is 23.3 Å². The molecule has 0 N–H and O–H groups in total. The summed E-state index contributed by atoms with van der Waals surface area (Å²) in [7, 11) is 0. The lowest BCUT2D eigenvalue weighted by molar-refractivity contribution is -0.101. The number of fused-ring (bicyclic) bond motifs is 1. The first kappa shape index (κ1) is 15.9. The number of hydrogen-bond acceptors (Lipinski definition) is 5. The van der Waals surface area contributed by atoms with E-state index in [9.17, 15) is 14.4 Å². The summed E-state index contributed by atoms with van der Waals surface area (Å²) < 4.78 is 4.94. The van der Waals surface area contributed by atoms with Crippen molar-refractivity contribution < 1.29 is 24.0 Å². The van der Waals surface area contributed by atoms with Crippen LogP contribution in [0.3, 0.4) is 0 Å². The normalized spacial score (nSPS) is 13.1. The van der Waals surface area contributed by atoms with Crippen LogP contribution in [0.4, 0.5) is 0 Å². The van der Waals surface area contributed by atoms with E-state index < -0.39 is 17.8 Å². The summed E-state index contributed by atoms with van der Waals surface area (Å²) in [6.07, 6.45) is 0. The van der Waals surface area contributed by atoms with E-state index in [4.69, 9.17) is 9.57 Å². The van der Waals surface area contributed by atoms with Gasteiger partial charge < -0.3 is 4.74 Å². The molecular formula is C18H15NO5. The molecule has 1 aliphatic heterocycles. The maximum atomic E-state index is 12.2. The van der Waals surface area contributed by atoms with Gasteiger partial charge in [0.2, 0.25) is 0 Å². The number of benzene rings is 2. The highest BCUT2D eigenvalue weighted by molar-refractivity contribution is 6.20. The minimum Gasteiger partial charge on any atom is -0.462 e. The Hall–Kier alpha value is -2.99. The summed E-state index contributed by atoms with van der Waals surface area (Å²) in [4.78, 5) is 41.5. The number of carbonyl (C=O) groups excluding carboxylic acids is 3. The number of carbonyl (C=O) groups is 3. The van der Waals surface area contributed by atoms with Crippen LogP contribution in [0.1, 0.15) is 43.6 Å².